The number of carbonyl (C=O) groups is 1. The van der Waals surface area contributed by atoms with E-state index in [1.165, 1.54) is 0 Å². The van der Waals surface area contributed by atoms with Crippen LogP contribution in [0.5, 0.6) is 0 Å². The van der Waals surface area contributed by atoms with Crippen molar-refractivity contribution in [3.8, 4) is 0 Å². The standard InChI is InChI=1S/C13H22N4O/c1-3-6-15-11-5-4-7-17(9-11)13(18)12-8-14-10-16(12)2/h8,10-11,15H,3-7,9H2,1-2H3. The van der Waals surface area contributed by atoms with Gasteiger partial charge in [0.05, 0.1) is 12.5 Å². The highest BCUT2D eigenvalue weighted by atomic mass is 16.2. The number of likely N-dealkylation sites (tertiary alicyclic amines) is 1. The van der Waals surface area contributed by atoms with E-state index in [9.17, 15) is 4.79 Å². The van der Waals surface area contributed by atoms with Crippen molar-refractivity contribution in [1.82, 2.24) is 19.8 Å². The second-order valence-corrected chi connectivity index (χ2v) is 4.93. The van der Waals surface area contributed by atoms with Gasteiger partial charge in [0, 0.05) is 26.2 Å². The third-order valence-corrected chi connectivity index (χ3v) is 3.43. The minimum atomic E-state index is 0.0954. The molecule has 1 fully saturated rings. The van der Waals surface area contributed by atoms with Gasteiger partial charge in [-0.25, -0.2) is 4.98 Å². The van der Waals surface area contributed by atoms with Crippen LogP contribution in [-0.4, -0.2) is 46.0 Å². The summed E-state index contributed by atoms with van der Waals surface area (Å²) >= 11 is 0. The van der Waals surface area contributed by atoms with Crippen molar-refractivity contribution in [1.29, 1.82) is 0 Å². The zero-order chi connectivity index (χ0) is 13.0. The van der Waals surface area contributed by atoms with E-state index in [0.29, 0.717) is 11.7 Å². The number of amides is 1. The quantitative estimate of drug-likeness (QED) is 0.868. The zero-order valence-electron chi connectivity index (χ0n) is 11.2. The summed E-state index contributed by atoms with van der Waals surface area (Å²) in [5, 5.41) is 3.50. The lowest BCUT2D eigenvalue weighted by Gasteiger charge is -2.33. The van der Waals surface area contributed by atoms with Crippen LogP contribution < -0.4 is 5.32 Å². The van der Waals surface area contributed by atoms with Crippen LogP contribution in [0.25, 0.3) is 0 Å². The molecule has 0 radical (unpaired) electrons. The summed E-state index contributed by atoms with van der Waals surface area (Å²) in [6.07, 6.45) is 6.68. The summed E-state index contributed by atoms with van der Waals surface area (Å²) in [5.74, 6) is 0.0954. The number of hydrogen-bond donors (Lipinski definition) is 1. The SMILES string of the molecule is CCCNC1CCCN(C(=O)c2cncn2C)C1. The molecule has 100 valence electrons. The van der Waals surface area contributed by atoms with Crippen LogP contribution in [0.2, 0.25) is 0 Å². The maximum atomic E-state index is 12.3. The van der Waals surface area contributed by atoms with Crippen molar-refractivity contribution in [2.75, 3.05) is 19.6 Å². The van der Waals surface area contributed by atoms with Crippen molar-refractivity contribution >= 4 is 5.91 Å². The lowest BCUT2D eigenvalue weighted by atomic mass is 10.1. The topological polar surface area (TPSA) is 50.2 Å². The molecule has 1 aromatic heterocycles. The summed E-state index contributed by atoms with van der Waals surface area (Å²) < 4.78 is 1.78. The molecule has 0 spiro atoms. The molecule has 1 aliphatic heterocycles. The number of carbonyl (C=O) groups excluding carboxylic acids is 1. The van der Waals surface area contributed by atoms with Gasteiger partial charge in [-0.1, -0.05) is 6.92 Å². The fourth-order valence-corrected chi connectivity index (χ4v) is 2.40. The second-order valence-electron chi connectivity index (χ2n) is 4.93. The zero-order valence-corrected chi connectivity index (χ0v) is 11.2. The van der Waals surface area contributed by atoms with Crippen molar-refractivity contribution < 1.29 is 4.79 Å². The minimum Gasteiger partial charge on any atom is -0.336 e. The van der Waals surface area contributed by atoms with Crippen LogP contribution in [0.15, 0.2) is 12.5 Å². The number of imidazole rings is 1. The lowest BCUT2D eigenvalue weighted by molar-refractivity contribution is 0.0685. The van der Waals surface area contributed by atoms with Gasteiger partial charge < -0.3 is 14.8 Å². The van der Waals surface area contributed by atoms with Crippen LogP contribution in [0.1, 0.15) is 36.7 Å². The largest absolute Gasteiger partial charge is 0.336 e. The van der Waals surface area contributed by atoms with Gasteiger partial charge in [-0.3, -0.25) is 4.79 Å². The number of hydrogen-bond acceptors (Lipinski definition) is 3. The minimum absolute atomic E-state index is 0.0954. The highest BCUT2D eigenvalue weighted by molar-refractivity contribution is 5.92. The van der Waals surface area contributed by atoms with Crippen LogP contribution in [-0.2, 0) is 7.05 Å². The number of aryl methyl sites for hydroxylation is 1. The Morgan fingerprint density at radius 1 is 1.61 bits per heavy atom. The van der Waals surface area contributed by atoms with Gasteiger partial charge in [-0.05, 0) is 25.8 Å². The van der Waals surface area contributed by atoms with Gasteiger partial charge in [0.15, 0.2) is 0 Å². The maximum Gasteiger partial charge on any atom is 0.272 e. The molecule has 0 aromatic carbocycles. The van der Waals surface area contributed by atoms with E-state index in [0.717, 1.165) is 38.9 Å². The summed E-state index contributed by atoms with van der Waals surface area (Å²) in [5.41, 5.74) is 0.672. The van der Waals surface area contributed by atoms with Crippen molar-refractivity contribution in [3.05, 3.63) is 18.2 Å². The molecule has 1 aliphatic rings. The molecule has 18 heavy (non-hydrogen) atoms. The first kappa shape index (κ1) is 13.1. The smallest absolute Gasteiger partial charge is 0.272 e. The first-order valence-electron chi connectivity index (χ1n) is 6.71. The van der Waals surface area contributed by atoms with E-state index in [4.69, 9.17) is 0 Å². The first-order valence-corrected chi connectivity index (χ1v) is 6.71. The molecule has 0 aliphatic carbocycles. The summed E-state index contributed by atoms with van der Waals surface area (Å²) in [6.45, 7) is 4.85. The van der Waals surface area contributed by atoms with Gasteiger partial charge in [-0.15, -0.1) is 0 Å². The van der Waals surface area contributed by atoms with Crippen LogP contribution in [0.4, 0.5) is 0 Å². The third-order valence-electron chi connectivity index (χ3n) is 3.43. The average Bonchev–Trinajstić information content (AvgIpc) is 2.82. The number of nitrogens with zero attached hydrogens (tertiary/aromatic N) is 3. The van der Waals surface area contributed by atoms with Gasteiger partial charge in [0.2, 0.25) is 0 Å². The van der Waals surface area contributed by atoms with Gasteiger partial charge in [0.25, 0.3) is 5.91 Å². The van der Waals surface area contributed by atoms with Gasteiger partial charge >= 0.3 is 0 Å². The summed E-state index contributed by atoms with van der Waals surface area (Å²) in [7, 11) is 1.86. The highest BCUT2D eigenvalue weighted by Crippen LogP contribution is 2.13. The molecular formula is C13H22N4O. The number of aromatic nitrogens is 2. The molecule has 0 bridgehead atoms. The molecule has 2 heterocycles. The van der Waals surface area contributed by atoms with E-state index < -0.39 is 0 Å². The molecule has 1 atom stereocenters. The molecule has 1 saturated heterocycles. The van der Waals surface area contributed by atoms with Crippen molar-refractivity contribution in [2.45, 2.75) is 32.2 Å². The molecule has 5 heteroatoms. The molecule has 0 saturated carbocycles. The monoisotopic (exact) mass is 250 g/mol. The van der Waals surface area contributed by atoms with E-state index in [2.05, 4.69) is 17.2 Å². The van der Waals surface area contributed by atoms with E-state index in [1.807, 2.05) is 11.9 Å². The Bertz CT molecular complexity index is 401. The fourth-order valence-electron chi connectivity index (χ4n) is 2.40. The Morgan fingerprint density at radius 2 is 2.44 bits per heavy atom. The Kier molecular flexibility index (Phi) is 4.36. The molecule has 1 unspecified atom stereocenters. The summed E-state index contributed by atoms with van der Waals surface area (Å²) in [4.78, 5) is 18.3. The second kappa shape index (κ2) is 6.00. The first-order chi connectivity index (χ1) is 8.72. The predicted molar refractivity (Wildman–Crippen MR) is 70.4 cm³/mol. The predicted octanol–water partition coefficient (Wildman–Crippen LogP) is 1.02. The molecule has 5 nitrogen and oxygen atoms in total. The lowest BCUT2D eigenvalue weighted by Crippen LogP contribution is -2.48. The highest BCUT2D eigenvalue weighted by Gasteiger charge is 2.25. The Balaban J connectivity index is 1.96. The molecule has 1 aromatic rings. The van der Waals surface area contributed by atoms with Gasteiger partial charge in [-0.2, -0.15) is 0 Å². The van der Waals surface area contributed by atoms with Crippen molar-refractivity contribution in [3.63, 3.8) is 0 Å². The number of nitrogens with one attached hydrogen (secondary N) is 1. The Hall–Kier alpha value is -1.36. The number of rotatable bonds is 4. The van der Waals surface area contributed by atoms with Crippen LogP contribution in [0, 0.1) is 0 Å². The number of piperidine rings is 1. The molecule has 2 rings (SSSR count). The maximum absolute atomic E-state index is 12.3. The molecule has 1 amide bonds. The molecular weight excluding hydrogens is 228 g/mol. The van der Waals surface area contributed by atoms with E-state index in [1.54, 1.807) is 17.1 Å². The third kappa shape index (κ3) is 2.90. The average molecular weight is 250 g/mol. The van der Waals surface area contributed by atoms with E-state index in [-0.39, 0.29) is 5.91 Å². The van der Waals surface area contributed by atoms with Crippen LogP contribution >= 0.6 is 0 Å². The Labute approximate surface area is 108 Å². The van der Waals surface area contributed by atoms with Crippen LogP contribution in [0.3, 0.4) is 0 Å². The van der Waals surface area contributed by atoms with E-state index >= 15 is 0 Å². The molecule has 1 N–H and O–H groups in total. The Morgan fingerprint density at radius 3 is 3.11 bits per heavy atom. The normalized spacial score (nSPS) is 20.1. The van der Waals surface area contributed by atoms with Gasteiger partial charge in [0.1, 0.15) is 5.69 Å². The fraction of sp³-hybridized carbons (Fsp3) is 0.692. The summed E-state index contributed by atoms with van der Waals surface area (Å²) in [6, 6.07) is 0.441. The van der Waals surface area contributed by atoms with Crippen molar-refractivity contribution in [2.24, 2.45) is 7.05 Å².